The highest BCUT2D eigenvalue weighted by atomic mass is 32.2. The Bertz CT molecular complexity index is 617. The second-order valence-corrected chi connectivity index (χ2v) is 6.81. The molecule has 0 bridgehead atoms. The lowest BCUT2D eigenvalue weighted by molar-refractivity contribution is -0.116. The first kappa shape index (κ1) is 15.8. The first-order valence-electron chi connectivity index (χ1n) is 6.71. The van der Waals surface area contributed by atoms with Gasteiger partial charge in [0.25, 0.3) is 0 Å². The lowest BCUT2D eigenvalue weighted by Crippen LogP contribution is -2.23. The summed E-state index contributed by atoms with van der Waals surface area (Å²) in [6, 6.07) is 8.40. The van der Waals surface area contributed by atoms with Crippen LogP contribution in [0.3, 0.4) is 0 Å². The van der Waals surface area contributed by atoms with Crippen LogP contribution in [-0.4, -0.2) is 23.2 Å². The van der Waals surface area contributed by atoms with Crippen molar-refractivity contribution in [3.8, 4) is 0 Å². The molecule has 0 aliphatic carbocycles. The summed E-state index contributed by atoms with van der Waals surface area (Å²) in [6.45, 7) is 4.67. The minimum Gasteiger partial charge on any atom is -0.352 e. The first-order chi connectivity index (χ1) is 10.1. The molecule has 0 unspecified atom stereocenters. The molecule has 1 heterocycles. The van der Waals surface area contributed by atoms with Crippen molar-refractivity contribution in [2.75, 3.05) is 12.3 Å². The lowest BCUT2D eigenvalue weighted by Gasteiger charge is -2.03. The molecule has 0 aliphatic rings. The summed E-state index contributed by atoms with van der Waals surface area (Å²) in [5, 5.41) is 5.81. The standard InChI is InChI=1S/C16H18N2OS2/c1-12-3-6-15(7-4-12)20-10-9-17-16(19)8-5-14-11-21-13(2)18-14/h3-8,11H,9-10H2,1-2H3,(H,17,19)/b8-5+. The minimum absolute atomic E-state index is 0.0786. The van der Waals surface area contributed by atoms with Gasteiger partial charge in [0.1, 0.15) is 0 Å². The molecule has 0 fully saturated rings. The van der Waals surface area contributed by atoms with Crippen molar-refractivity contribution in [3.63, 3.8) is 0 Å². The van der Waals surface area contributed by atoms with Gasteiger partial charge in [-0.3, -0.25) is 4.79 Å². The van der Waals surface area contributed by atoms with Gasteiger partial charge in [-0.25, -0.2) is 4.98 Å². The zero-order valence-electron chi connectivity index (χ0n) is 12.1. The molecule has 0 atom stereocenters. The number of nitrogens with zero attached hydrogens (tertiary/aromatic N) is 1. The Hall–Kier alpha value is -1.59. The minimum atomic E-state index is -0.0786. The lowest BCUT2D eigenvalue weighted by atomic mass is 10.2. The van der Waals surface area contributed by atoms with Gasteiger partial charge >= 0.3 is 0 Å². The van der Waals surface area contributed by atoms with Crippen LogP contribution in [0.15, 0.2) is 40.6 Å². The Morgan fingerprint density at radius 2 is 2.10 bits per heavy atom. The first-order valence-corrected chi connectivity index (χ1v) is 8.57. The summed E-state index contributed by atoms with van der Waals surface area (Å²) in [5.74, 6) is 0.781. The maximum Gasteiger partial charge on any atom is 0.244 e. The van der Waals surface area contributed by atoms with Gasteiger partial charge in [-0.05, 0) is 32.1 Å². The van der Waals surface area contributed by atoms with Crippen LogP contribution in [0.2, 0.25) is 0 Å². The Labute approximate surface area is 133 Å². The van der Waals surface area contributed by atoms with E-state index in [4.69, 9.17) is 0 Å². The number of nitrogens with one attached hydrogen (secondary N) is 1. The molecule has 1 aromatic heterocycles. The number of rotatable bonds is 6. The molecule has 1 aromatic carbocycles. The second kappa shape index (κ2) is 8.00. The van der Waals surface area contributed by atoms with Crippen molar-refractivity contribution in [1.29, 1.82) is 0 Å². The van der Waals surface area contributed by atoms with Crippen LogP contribution >= 0.6 is 23.1 Å². The van der Waals surface area contributed by atoms with Gasteiger partial charge in [0.2, 0.25) is 5.91 Å². The van der Waals surface area contributed by atoms with Crippen molar-refractivity contribution >= 4 is 35.1 Å². The Kier molecular flexibility index (Phi) is 6.02. The van der Waals surface area contributed by atoms with Crippen molar-refractivity contribution in [2.24, 2.45) is 0 Å². The van der Waals surface area contributed by atoms with Gasteiger partial charge in [-0.1, -0.05) is 17.7 Å². The van der Waals surface area contributed by atoms with Gasteiger partial charge in [0.05, 0.1) is 10.7 Å². The van der Waals surface area contributed by atoms with Crippen LogP contribution in [0, 0.1) is 13.8 Å². The summed E-state index contributed by atoms with van der Waals surface area (Å²) < 4.78 is 0. The van der Waals surface area contributed by atoms with E-state index in [1.165, 1.54) is 16.5 Å². The third kappa shape index (κ3) is 5.73. The highest BCUT2D eigenvalue weighted by molar-refractivity contribution is 7.99. The van der Waals surface area contributed by atoms with Gasteiger partial charge in [-0.2, -0.15) is 0 Å². The molecule has 1 N–H and O–H groups in total. The summed E-state index contributed by atoms with van der Waals surface area (Å²) in [7, 11) is 0. The van der Waals surface area contributed by atoms with Crippen LogP contribution < -0.4 is 5.32 Å². The molecule has 0 radical (unpaired) electrons. The van der Waals surface area contributed by atoms with Gasteiger partial charge in [0.15, 0.2) is 0 Å². The molecule has 0 aliphatic heterocycles. The number of thioether (sulfide) groups is 1. The molecule has 1 amide bonds. The fourth-order valence-corrected chi connectivity index (χ4v) is 3.00. The van der Waals surface area contributed by atoms with Crippen molar-refractivity contribution in [2.45, 2.75) is 18.7 Å². The van der Waals surface area contributed by atoms with Crippen molar-refractivity contribution in [3.05, 3.63) is 52.0 Å². The Morgan fingerprint density at radius 3 is 2.76 bits per heavy atom. The van der Waals surface area contributed by atoms with Crippen LogP contribution in [0.4, 0.5) is 0 Å². The van der Waals surface area contributed by atoms with E-state index in [2.05, 4.69) is 41.5 Å². The predicted octanol–water partition coefficient (Wildman–Crippen LogP) is 3.68. The number of thiazole rings is 1. The number of aryl methyl sites for hydroxylation is 2. The average molecular weight is 318 g/mol. The molecule has 2 aromatic rings. The van der Waals surface area contributed by atoms with Crippen LogP contribution in [-0.2, 0) is 4.79 Å². The normalized spacial score (nSPS) is 11.0. The number of aromatic nitrogens is 1. The van der Waals surface area contributed by atoms with E-state index in [-0.39, 0.29) is 5.91 Å². The maximum atomic E-state index is 11.6. The van der Waals surface area contributed by atoms with Crippen LogP contribution in [0.5, 0.6) is 0 Å². The predicted molar refractivity (Wildman–Crippen MR) is 90.8 cm³/mol. The number of carbonyl (C=O) groups is 1. The second-order valence-electron chi connectivity index (χ2n) is 4.58. The topological polar surface area (TPSA) is 42.0 Å². The Morgan fingerprint density at radius 1 is 1.33 bits per heavy atom. The number of hydrogen-bond donors (Lipinski definition) is 1. The SMILES string of the molecule is Cc1ccc(SCCNC(=O)/C=C/c2csc(C)n2)cc1. The summed E-state index contributed by atoms with van der Waals surface area (Å²) >= 11 is 3.32. The fraction of sp³-hybridized carbons (Fsp3) is 0.250. The highest BCUT2D eigenvalue weighted by Gasteiger charge is 1.98. The number of amides is 1. The molecule has 0 saturated carbocycles. The largest absolute Gasteiger partial charge is 0.352 e. The van der Waals surface area contributed by atoms with Gasteiger partial charge in [-0.15, -0.1) is 23.1 Å². The molecular formula is C16H18N2OS2. The van der Waals surface area contributed by atoms with Crippen LogP contribution in [0.25, 0.3) is 6.08 Å². The quantitative estimate of drug-likeness (QED) is 0.502. The smallest absolute Gasteiger partial charge is 0.244 e. The third-order valence-electron chi connectivity index (χ3n) is 2.73. The van der Waals surface area contributed by atoms with Crippen molar-refractivity contribution in [1.82, 2.24) is 10.3 Å². The molecular weight excluding hydrogens is 300 g/mol. The molecule has 110 valence electrons. The maximum absolute atomic E-state index is 11.6. The van der Waals surface area contributed by atoms with E-state index < -0.39 is 0 Å². The summed E-state index contributed by atoms with van der Waals surface area (Å²) in [5.41, 5.74) is 2.09. The third-order valence-corrected chi connectivity index (χ3v) is 4.54. The van der Waals surface area contributed by atoms with E-state index in [0.29, 0.717) is 6.54 Å². The molecule has 2 rings (SSSR count). The van der Waals surface area contributed by atoms with E-state index >= 15 is 0 Å². The van der Waals surface area contributed by atoms with E-state index in [0.717, 1.165) is 16.5 Å². The molecule has 3 nitrogen and oxygen atoms in total. The van der Waals surface area contributed by atoms with E-state index in [1.807, 2.05) is 12.3 Å². The zero-order valence-corrected chi connectivity index (χ0v) is 13.8. The van der Waals surface area contributed by atoms with Gasteiger partial charge < -0.3 is 5.32 Å². The fourth-order valence-electron chi connectivity index (χ4n) is 1.65. The summed E-state index contributed by atoms with van der Waals surface area (Å²) in [6.07, 6.45) is 3.27. The summed E-state index contributed by atoms with van der Waals surface area (Å²) in [4.78, 5) is 17.1. The van der Waals surface area contributed by atoms with Gasteiger partial charge in [0, 0.05) is 28.6 Å². The molecule has 21 heavy (non-hydrogen) atoms. The van der Waals surface area contributed by atoms with E-state index in [1.54, 1.807) is 29.2 Å². The Balaban J connectivity index is 1.67. The van der Waals surface area contributed by atoms with Crippen molar-refractivity contribution < 1.29 is 4.79 Å². The average Bonchev–Trinajstić information content (AvgIpc) is 2.89. The number of carbonyl (C=O) groups excluding carboxylic acids is 1. The van der Waals surface area contributed by atoms with E-state index in [9.17, 15) is 4.79 Å². The number of benzene rings is 1. The monoisotopic (exact) mass is 318 g/mol. The number of hydrogen-bond acceptors (Lipinski definition) is 4. The molecule has 0 spiro atoms. The van der Waals surface area contributed by atoms with Crippen LogP contribution in [0.1, 0.15) is 16.3 Å². The zero-order chi connectivity index (χ0) is 15.1. The highest BCUT2D eigenvalue weighted by Crippen LogP contribution is 2.17. The molecule has 0 saturated heterocycles. The molecule has 5 heteroatoms.